The van der Waals surface area contributed by atoms with Gasteiger partial charge in [0.1, 0.15) is 11.6 Å². The van der Waals surface area contributed by atoms with Gasteiger partial charge in [0.15, 0.2) is 0 Å². The number of nitrogens with one attached hydrogen (secondary N) is 2. The molecule has 2 aromatic carbocycles. The Bertz CT molecular complexity index is 1230. The first-order chi connectivity index (χ1) is 18.9. The number of rotatable bonds is 16. The van der Waals surface area contributed by atoms with Gasteiger partial charge in [-0.25, -0.2) is 8.42 Å². The van der Waals surface area contributed by atoms with Gasteiger partial charge in [0.25, 0.3) is 10.0 Å². The lowest BCUT2D eigenvalue weighted by Gasteiger charge is -2.44. The third kappa shape index (κ3) is 8.42. The lowest BCUT2D eigenvalue weighted by molar-refractivity contribution is -0.165. The van der Waals surface area contributed by atoms with Crippen LogP contribution in [0, 0.1) is 11.8 Å². The number of aryl methyl sites for hydroxylation is 1. The van der Waals surface area contributed by atoms with Gasteiger partial charge in [-0.1, -0.05) is 70.9 Å². The van der Waals surface area contributed by atoms with E-state index in [0.717, 1.165) is 18.4 Å². The number of ether oxygens (including phenoxy) is 1. The summed E-state index contributed by atoms with van der Waals surface area (Å²) in [6.45, 7) is 7.48. The summed E-state index contributed by atoms with van der Waals surface area (Å²) in [6, 6.07) is 13.5. The molecule has 0 bridgehead atoms. The highest BCUT2D eigenvalue weighted by Gasteiger charge is 2.50. The van der Waals surface area contributed by atoms with Gasteiger partial charge in [-0.2, -0.15) is 0 Å². The Morgan fingerprint density at radius 2 is 1.73 bits per heavy atom. The van der Waals surface area contributed by atoms with Crippen LogP contribution in [0.1, 0.15) is 64.5 Å². The smallest absolute Gasteiger partial charge is 0.268 e. The average molecular weight is 596 g/mol. The molecule has 2 aromatic rings. The molecule has 0 aromatic heterocycles. The van der Waals surface area contributed by atoms with E-state index in [2.05, 4.69) is 10.6 Å². The minimum atomic E-state index is -4.68. The molecule has 0 aliphatic carbocycles. The van der Waals surface area contributed by atoms with Crippen LogP contribution in [0.5, 0.6) is 5.75 Å². The molecule has 222 valence electrons. The summed E-state index contributed by atoms with van der Waals surface area (Å²) in [7, 11) is -3.18. The zero-order chi connectivity index (χ0) is 29.9. The Morgan fingerprint density at radius 3 is 2.30 bits per heavy atom. The maximum atomic E-state index is 14.0. The van der Waals surface area contributed by atoms with Crippen LogP contribution in [0.15, 0.2) is 53.4 Å². The number of carbonyl (C=O) groups excluding carboxylic acids is 2. The topological polar surface area (TPSA) is 125 Å². The zero-order valence-electron chi connectivity index (χ0n) is 23.9. The molecule has 0 saturated carbocycles. The van der Waals surface area contributed by atoms with Crippen LogP contribution in [-0.4, -0.2) is 48.7 Å². The summed E-state index contributed by atoms with van der Waals surface area (Å²) < 4.78 is 33.5. The van der Waals surface area contributed by atoms with E-state index in [9.17, 15) is 23.2 Å². The lowest BCUT2D eigenvalue weighted by Crippen LogP contribution is -2.74. The Kier molecular flexibility index (Phi) is 12.9. The number of methoxy groups -OCH3 is 1. The van der Waals surface area contributed by atoms with E-state index in [4.69, 9.17) is 16.3 Å². The standard InChI is InChI=1S/C29H42ClN3O6S/c1-6-8-14-24-19-25(15-16-26(24)39-5)40(37,38)33(36)29(32-28(35)20-30,31-27(34)17-21(3)7-2)22(4)18-23-12-10-9-11-13-23/h9-13,15-16,19,21-22,36H,6-8,14,17-18,20H2,1-5H3,(H,31,34)(H,32,35)/t21-,22+,29-/m0/s1. The van der Waals surface area contributed by atoms with Gasteiger partial charge in [0.05, 0.1) is 12.0 Å². The first-order valence-corrected chi connectivity index (χ1v) is 15.6. The summed E-state index contributed by atoms with van der Waals surface area (Å²) >= 11 is 5.82. The van der Waals surface area contributed by atoms with Gasteiger partial charge in [0, 0.05) is 12.3 Å². The van der Waals surface area contributed by atoms with Crippen LogP contribution in [0.4, 0.5) is 0 Å². The number of sulfonamides is 1. The number of carbonyl (C=O) groups is 2. The number of amides is 2. The van der Waals surface area contributed by atoms with Crippen molar-refractivity contribution in [3.05, 3.63) is 59.7 Å². The molecule has 3 N–H and O–H groups in total. The molecule has 11 heteroatoms. The summed E-state index contributed by atoms with van der Waals surface area (Å²) in [5, 5.41) is 16.8. The summed E-state index contributed by atoms with van der Waals surface area (Å²) in [6.07, 6.45) is 3.24. The number of hydrogen-bond acceptors (Lipinski definition) is 6. The van der Waals surface area contributed by atoms with E-state index >= 15 is 0 Å². The van der Waals surface area contributed by atoms with E-state index in [0.29, 0.717) is 24.2 Å². The van der Waals surface area contributed by atoms with Gasteiger partial charge < -0.3 is 15.4 Å². The quantitative estimate of drug-likeness (QED) is 0.145. The molecule has 0 aliphatic heterocycles. The molecule has 2 amide bonds. The van der Waals surface area contributed by atoms with Crippen molar-refractivity contribution in [2.45, 2.75) is 76.9 Å². The van der Waals surface area contributed by atoms with Gasteiger partial charge in [0.2, 0.25) is 17.6 Å². The van der Waals surface area contributed by atoms with Crippen molar-refractivity contribution < 1.29 is 28.0 Å². The maximum Gasteiger partial charge on any atom is 0.268 e. The highest BCUT2D eigenvalue weighted by atomic mass is 35.5. The average Bonchev–Trinajstić information content (AvgIpc) is 2.95. The van der Waals surface area contributed by atoms with Crippen LogP contribution in [0.2, 0.25) is 0 Å². The highest BCUT2D eigenvalue weighted by molar-refractivity contribution is 7.89. The molecule has 0 heterocycles. The van der Waals surface area contributed by atoms with Gasteiger partial charge in [-0.3, -0.25) is 14.8 Å². The highest BCUT2D eigenvalue weighted by Crippen LogP contribution is 2.31. The molecule has 0 fully saturated rings. The van der Waals surface area contributed by atoms with Crippen molar-refractivity contribution in [1.82, 2.24) is 15.1 Å². The van der Waals surface area contributed by atoms with Crippen molar-refractivity contribution in [2.24, 2.45) is 11.8 Å². The van der Waals surface area contributed by atoms with Crippen LogP contribution >= 0.6 is 11.6 Å². The normalized spacial score (nSPS) is 14.7. The molecule has 9 nitrogen and oxygen atoms in total. The van der Waals surface area contributed by atoms with Crippen LogP contribution in [0.25, 0.3) is 0 Å². The van der Waals surface area contributed by atoms with Crippen LogP contribution < -0.4 is 15.4 Å². The predicted octanol–water partition coefficient (Wildman–Crippen LogP) is 4.86. The Labute approximate surface area is 243 Å². The van der Waals surface area contributed by atoms with E-state index in [1.54, 1.807) is 6.92 Å². The van der Waals surface area contributed by atoms with E-state index < -0.39 is 39.4 Å². The second-order valence-corrected chi connectivity index (χ2v) is 12.2. The molecule has 0 unspecified atom stereocenters. The minimum absolute atomic E-state index is 0.0164. The number of hydrogen-bond donors (Lipinski definition) is 3. The second-order valence-electron chi connectivity index (χ2n) is 10.1. The molecule has 0 spiro atoms. The lowest BCUT2D eigenvalue weighted by atomic mass is 9.93. The first-order valence-electron chi connectivity index (χ1n) is 13.6. The van der Waals surface area contributed by atoms with Crippen molar-refractivity contribution in [3.63, 3.8) is 0 Å². The predicted molar refractivity (Wildman–Crippen MR) is 156 cm³/mol. The Hall–Kier alpha value is -2.66. The fraction of sp³-hybridized carbons (Fsp3) is 0.517. The zero-order valence-corrected chi connectivity index (χ0v) is 25.5. The van der Waals surface area contributed by atoms with Crippen LogP contribution in [0.3, 0.4) is 0 Å². The van der Waals surface area contributed by atoms with E-state index in [-0.39, 0.29) is 28.1 Å². The number of unbranched alkanes of at least 4 members (excludes halogenated alkanes) is 1. The molecular weight excluding hydrogens is 554 g/mol. The van der Waals surface area contributed by atoms with Crippen LogP contribution in [-0.2, 0) is 32.5 Å². The van der Waals surface area contributed by atoms with Crippen molar-refractivity contribution >= 4 is 33.4 Å². The summed E-state index contributed by atoms with van der Waals surface area (Å²) in [5.74, 6) is -4.38. The van der Waals surface area contributed by atoms with E-state index in [1.165, 1.54) is 25.3 Å². The Morgan fingerprint density at radius 1 is 1.07 bits per heavy atom. The molecule has 2 rings (SSSR count). The number of hydroxylamine groups is 1. The Balaban J connectivity index is 2.69. The molecule has 0 saturated heterocycles. The SMILES string of the molecule is CCCCc1cc(S(=O)(=O)N(O)[C@](NC(=O)CCl)(NC(=O)C[C@@H](C)CC)[C@H](C)Cc2ccccc2)ccc1OC. The molecule has 0 radical (unpaired) electrons. The third-order valence-electron chi connectivity index (χ3n) is 6.99. The van der Waals surface area contributed by atoms with Crippen molar-refractivity contribution in [3.8, 4) is 5.75 Å². The largest absolute Gasteiger partial charge is 0.496 e. The molecular formula is C29H42ClN3O6S. The molecule has 0 aliphatic rings. The fourth-order valence-corrected chi connectivity index (χ4v) is 5.86. The molecule has 3 atom stereocenters. The van der Waals surface area contributed by atoms with Gasteiger partial charge in [-0.15, -0.1) is 11.6 Å². The monoisotopic (exact) mass is 595 g/mol. The number of nitrogens with zero attached hydrogens (tertiary/aromatic N) is 1. The minimum Gasteiger partial charge on any atom is -0.496 e. The first kappa shape index (κ1) is 33.5. The van der Waals surface area contributed by atoms with E-state index in [1.807, 2.05) is 51.1 Å². The summed E-state index contributed by atoms with van der Waals surface area (Å²) in [5.41, 5.74) is 1.47. The second kappa shape index (κ2) is 15.4. The molecule has 40 heavy (non-hydrogen) atoms. The number of halogens is 1. The maximum absolute atomic E-state index is 14.0. The number of alkyl halides is 1. The third-order valence-corrected chi connectivity index (χ3v) is 8.82. The van der Waals surface area contributed by atoms with Crippen molar-refractivity contribution in [1.29, 1.82) is 0 Å². The van der Waals surface area contributed by atoms with Gasteiger partial charge in [-0.05, 0) is 59.0 Å². The van der Waals surface area contributed by atoms with Gasteiger partial charge >= 0.3 is 0 Å². The fourth-order valence-electron chi connectivity index (χ4n) is 4.41. The number of benzene rings is 2. The summed E-state index contributed by atoms with van der Waals surface area (Å²) in [4.78, 5) is 25.7. The van der Waals surface area contributed by atoms with Crippen molar-refractivity contribution in [2.75, 3.05) is 13.0 Å².